The fraction of sp³-hybridized carbons (Fsp3) is 0.345. The number of aryl methyl sites for hydroxylation is 1. The third-order valence-corrected chi connectivity index (χ3v) is 7.75. The molecule has 1 N–H and O–H groups in total. The van der Waals surface area contributed by atoms with Gasteiger partial charge in [-0.25, -0.2) is 0 Å². The van der Waals surface area contributed by atoms with Crippen LogP contribution in [0.4, 0.5) is 5.69 Å². The SMILES string of the molecule is C[C@@]1(c2ccccc2)CCc2cc(O)ccc2[C@H]1c1ccc(N2CCC(C=O)CC2)cc1. The van der Waals surface area contributed by atoms with E-state index in [1.165, 1.54) is 27.9 Å². The molecule has 0 saturated carbocycles. The van der Waals surface area contributed by atoms with Gasteiger partial charge in [0.25, 0.3) is 0 Å². The summed E-state index contributed by atoms with van der Waals surface area (Å²) in [5.41, 5.74) is 6.47. The first kappa shape index (κ1) is 20.8. The summed E-state index contributed by atoms with van der Waals surface area (Å²) in [4.78, 5) is 13.5. The highest BCUT2D eigenvalue weighted by molar-refractivity contribution is 5.57. The number of carbonyl (C=O) groups excluding carboxylic acids is 1. The Labute approximate surface area is 190 Å². The molecule has 0 radical (unpaired) electrons. The molecule has 2 aliphatic rings. The van der Waals surface area contributed by atoms with Crippen LogP contribution in [0, 0.1) is 5.92 Å². The van der Waals surface area contributed by atoms with E-state index in [1.807, 2.05) is 12.1 Å². The van der Waals surface area contributed by atoms with Gasteiger partial charge in [-0.05, 0) is 72.2 Å². The molecule has 1 saturated heterocycles. The van der Waals surface area contributed by atoms with Crippen LogP contribution in [0.1, 0.15) is 54.4 Å². The van der Waals surface area contributed by atoms with Crippen molar-refractivity contribution in [3.8, 4) is 5.75 Å². The number of benzene rings is 3. The van der Waals surface area contributed by atoms with Crippen molar-refractivity contribution in [2.75, 3.05) is 18.0 Å². The molecule has 1 aliphatic carbocycles. The first-order valence-corrected chi connectivity index (χ1v) is 11.8. The molecule has 5 rings (SSSR count). The Morgan fingerprint density at radius 3 is 2.38 bits per heavy atom. The zero-order valence-electron chi connectivity index (χ0n) is 18.7. The Morgan fingerprint density at radius 1 is 0.969 bits per heavy atom. The number of hydrogen-bond acceptors (Lipinski definition) is 3. The molecule has 3 aromatic rings. The van der Waals surface area contributed by atoms with Crippen LogP contribution in [0.5, 0.6) is 5.75 Å². The lowest BCUT2D eigenvalue weighted by Crippen LogP contribution is -2.36. The molecule has 0 spiro atoms. The maximum absolute atomic E-state index is 11.1. The van der Waals surface area contributed by atoms with Gasteiger partial charge in [0.05, 0.1) is 0 Å². The second-order valence-electron chi connectivity index (χ2n) is 9.65. The second kappa shape index (κ2) is 8.46. The van der Waals surface area contributed by atoms with Gasteiger partial charge >= 0.3 is 0 Å². The summed E-state index contributed by atoms with van der Waals surface area (Å²) in [6, 6.07) is 25.8. The largest absolute Gasteiger partial charge is 0.508 e. The highest BCUT2D eigenvalue weighted by Gasteiger charge is 2.41. The lowest BCUT2D eigenvalue weighted by Gasteiger charge is -2.44. The van der Waals surface area contributed by atoms with Crippen molar-refractivity contribution in [2.45, 2.75) is 43.9 Å². The van der Waals surface area contributed by atoms with Gasteiger partial charge in [0.15, 0.2) is 0 Å². The van der Waals surface area contributed by atoms with Gasteiger partial charge < -0.3 is 14.8 Å². The van der Waals surface area contributed by atoms with E-state index < -0.39 is 0 Å². The number of piperidine rings is 1. The predicted octanol–water partition coefficient (Wildman–Crippen LogP) is 5.84. The van der Waals surface area contributed by atoms with Gasteiger partial charge in [-0.2, -0.15) is 0 Å². The Bertz CT molecular complexity index is 1080. The third-order valence-electron chi connectivity index (χ3n) is 7.75. The Kier molecular flexibility index (Phi) is 5.50. The van der Waals surface area contributed by atoms with Crippen molar-refractivity contribution >= 4 is 12.0 Å². The van der Waals surface area contributed by atoms with Crippen molar-refractivity contribution in [2.24, 2.45) is 5.92 Å². The summed E-state index contributed by atoms with van der Waals surface area (Å²) in [5, 5.41) is 10.1. The second-order valence-corrected chi connectivity index (χ2v) is 9.65. The number of aldehydes is 1. The molecule has 0 aromatic heterocycles. The van der Waals surface area contributed by atoms with Gasteiger partial charge in [0.2, 0.25) is 0 Å². The molecule has 3 aromatic carbocycles. The van der Waals surface area contributed by atoms with Gasteiger partial charge in [0, 0.05) is 36.0 Å². The van der Waals surface area contributed by atoms with Crippen molar-refractivity contribution in [3.05, 3.63) is 95.1 Å². The summed E-state index contributed by atoms with van der Waals surface area (Å²) < 4.78 is 0. The minimum Gasteiger partial charge on any atom is -0.508 e. The molecule has 0 unspecified atom stereocenters. The van der Waals surface area contributed by atoms with Crippen molar-refractivity contribution in [1.82, 2.24) is 0 Å². The van der Waals surface area contributed by atoms with E-state index in [2.05, 4.69) is 72.5 Å². The molecule has 1 aliphatic heterocycles. The first-order valence-electron chi connectivity index (χ1n) is 11.8. The van der Waals surface area contributed by atoms with Crippen molar-refractivity contribution in [3.63, 3.8) is 0 Å². The molecule has 3 heteroatoms. The third kappa shape index (κ3) is 3.70. The Balaban J connectivity index is 1.52. The predicted molar refractivity (Wildman–Crippen MR) is 130 cm³/mol. The van der Waals surface area contributed by atoms with Crippen LogP contribution >= 0.6 is 0 Å². The normalized spacial score (nSPS) is 23.5. The number of anilines is 1. The van der Waals surface area contributed by atoms with E-state index in [0.29, 0.717) is 5.75 Å². The van der Waals surface area contributed by atoms with Crippen molar-refractivity contribution < 1.29 is 9.90 Å². The smallest absolute Gasteiger partial charge is 0.123 e. The summed E-state index contributed by atoms with van der Waals surface area (Å²) in [6.07, 6.45) is 5.01. The summed E-state index contributed by atoms with van der Waals surface area (Å²) >= 11 is 0. The molecular weight excluding hydrogens is 394 g/mol. The summed E-state index contributed by atoms with van der Waals surface area (Å²) in [5.74, 6) is 0.788. The van der Waals surface area contributed by atoms with E-state index in [1.54, 1.807) is 0 Å². The van der Waals surface area contributed by atoms with Crippen LogP contribution in [-0.2, 0) is 16.6 Å². The average molecular weight is 426 g/mol. The number of hydrogen-bond donors (Lipinski definition) is 1. The maximum Gasteiger partial charge on any atom is 0.123 e. The number of carbonyl (C=O) groups is 1. The molecule has 164 valence electrons. The van der Waals surface area contributed by atoms with E-state index in [0.717, 1.165) is 45.1 Å². The number of phenolic OH excluding ortho intramolecular Hbond substituents is 1. The number of aromatic hydroxyl groups is 1. The van der Waals surface area contributed by atoms with Crippen molar-refractivity contribution in [1.29, 1.82) is 0 Å². The van der Waals surface area contributed by atoms with Crippen LogP contribution in [0.3, 0.4) is 0 Å². The molecule has 0 bridgehead atoms. The minimum absolute atomic E-state index is 0.0188. The fourth-order valence-corrected chi connectivity index (χ4v) is 5.82. The molecule has 3 nitrogen and oxygen atoms in total. The highest BCUT2D eigenvalue weighted by Crippen LogP contribution is 2.51. The number of nitrogens with zero attached hydrogens (tertiary/aromatic N) is 1. The monoisotopic (exact) mass is 425 g/mol. The molecule has 1 heterocycles. The maximum atomic E-state index is 11.1. The number of rotatable bonds is 4. The van der Waals surface area contributed by atoms with E-state index in [-0.39, 0.29) is 17.3 Å². The summed E-state index contributed by atoms with van der Waals surface area (Å²) in [6.45, 7) is 4.27. The lowest BCUT2D eigenvalue weighted by molar-refractivity contribution is -0.111. The molecule has 32 heavy (non-hydrogen) atoms. The zero-order valence-corrected chi connectivity index (χ0v) is 18.7. The fourth-order valence-electron chi connectivity index (χ4n) is 5.82. The van der Waals surface area contributed by atoms with Crippen LogP contribution in [0.2, 0.25) is 0 Å². The Hall–Kier alpha value is -3.07. The molecule has 2 atom stereocenters. The quantitative estimate of drug-likeness (QED) is 0.534. The Morgan fingerprint density at radius 2 is 1.69 bits per heavy atom. The van der Waals surface area contributed by atoms with E-state index in [4.69, 9.17) is 0 Å². The van der Waals surface area contributed by atoms with Crippen LogP contribution in [0.25, 0.3) is 0 Å². The topological polar surface area (TPSA) is 40.5 Å². The first-order chi connectivity index (χ1) is 15.6. The zero-order chi connectivity index (χ0) is 22.1. The number of phenols is 1. The number of fused-ring (bicyclic) bond motifs is 1. The standard InChI is InChI=1S/C29H31NO2/c1-29(24-5-3-2-4-6-24)16-13-23-19-26(32)11-12-27(23)28(29)22-7-9-25(10-8-22)30-17-14-21(20-31)15-18-30/h2-12,19-21,28,32H,13-18H2,1H3/t28-,29+/m1/s1. The van der Waals surface area contributed by atoms with Gasteiger partial charge in [0.1, 0.15) is 12.0 Å². The van der Waals surface area contributed by atoms with Crippen LogP contribution < -0.4 is 4.90 Å². The minimum atomic E-state index is -0.0188. The average Bonchev–Trinajstić information content (AvgIpc) is 2.85. The van der Waals surface area contributed by atoms with Crippen LogP contribution in [0.15, 0.2) is 72.8 Å². The van der Waals surface area contributed by atoms with E-state index in [9.17, 15) is 9.90 Å². The lowest BCUT2D eigenvalue weighted by atomic mass is 9.59. The van der Waals surface area contributed by atoms with Crippen LogP contribution in [-0.4, -0.2) is 24.5 Å². The van der Waals surface area contributed by atoms with Gasteiger partial charge in [-0.1, -0.05) is 55.5 Å². The molecule has 0 amide bonds. The highest BCUT2D eigenvalue weighted by atomic mass is 16.3. The molecular formula is C29H31NO2. The van der Waals surface area contributed by atoms with Gasteiger partial charge in [-0.15, -0.1) is 0 Å². The summed E-state index contributed by atoms with van der Waals surface area (Å²) in [7, 11) is 0. The molecule has 1 fully saturated rings. The van der Waals surface area contributed by atoms with Gasteiger partial charge in [-0.3, -0.25) is 0 Å². The van der Waals surface area contributed by atoms with E-state index >= 15 is 0 Å².